The molecule has 0 unspecified atom stereocenters. The number of benzene rings is 2. The molecule has 5 aromatic rings. The lowest BCUT2D eigenvalue weighted by molar-refractivity contribution is 0.302. The zero-order valence-corrected chi connectivity index (χ0v) is 15.0. The average molecular weight is 364 g/mol. The molecule has 0 radical (unpaired) electrons. The second-order valence-electron chi connectivity index (χ2n) is 6.42. The fourth-order valence-corrected chi connectivity index (χ4v) is 3.21. The van der Waals surface area contributed by atoms with Gasteiger partial charge >= 0.3 is 0 Å². The summed E-state index contributed by atoms with van der Waals surface area (Å²) in [5.41, 5.74) is 4.59. The van der Waals surface area contributed by atoms with Crippen molar-refractivity contribution < 1.29 is 4.74 Å². The highest BCUT2D eigenvalue weighted by atomic mass is 16.5. The van der Waals surface area contributed by atoms with Crippen molar-refractivity contribution >= 4 is 21.8 Å². The van der Waals surface area contributed by atoms with Crippen LogP contribution in [0.2, 0.25) is 0 Å². The Kier molecular flexibility index (Phi) is 4.10. The number of pyridine rings is 2. The predicted octanol–water partition coefficient (Wildman–Crippen LogP) is 4.82. The first-order chi connectivity index (χ1) is 13.9. The number of aromatic nitrogens is 4. The molecular formula is C23H16N4O. The Morgan fingerprint density at radius 3 is 2.61 bits per heavy atom. The standard InChI is InChI=1S/C23H16N4O/c1-2-4-21-16(3-1)5-6-18(27-21)14-28-19-7-8-20-22(13-19)25-15-26-23(20)17-9-11-24-12-10-17/h1-13,15H,14H2. The molecule has 3 aromatic heterocycles. The Morgan fingerprint density at radius 2 is 1.68 bits per heavy atom. The third-order valence-electron chi connectivity index (χ3n) is 4.60. The summed E-state index contributed by atoms with van der Waals surface area (Å²) in [4.78, 5) is 17.6. The highest BCUT2D eigenvalue weighted by Crippen LogP contribution is 2.27. The van der Waals surface area contributed by atoms with Crippen LogP contribution in [-0.4, -0.2) is 19.9 Å². The number of hydrogen-bond donors (Lipinski definition) is 0. The van der Waals surface area contributed by atoms with Gasteiger partial charge in [-0.05, 0) is 36.4 Å². The maximum atomic E-state index is 5.96. The molecule has 0 spiro atoms. The van der Waals surface area contributed by atoms with Crippen LogP contribution in [0, 0.1) is 0 Å². The van der Waals surface area contributed by atoms with E-state index < -0.39 is 0 Å². The van der Waals surface area contributed by atoms with Crippen molar-refractivity contribution in [3.63, 3.8) is 0 Å². The minimum Gasteiger partial charge on any atom is -0.487 e. The average Bonchev–Trinajstić information content (AvgIpc) is 2.77. The van der Waals surface area contributed by atoms with Gasteiger partial charge in [0, 0.05) is 34.8 Å². The van der Waals surface area contributed by atoms with Crippen molar-refractivity contribution in [3.8, 4) is 17.0 Å². The van der Waals surface area contributed by atoms with Gasteiger partial charge in [0.25, 0.3) is 0 Å². The first kappa shape index (κ1) is 16.3. The van der Waals surface area contributed by atoms with Crippen LogP contribution in [0.5, 0.6) is 5.75 Å². The monoisotopic (exact) mass is 364 g/mol. The van der Waals surface area contributed by atoms with Crippen molar-refractivity contribution in [3.05, 3.63) is 91.1 Å². The molecule has 0 N–H and O–H groups in total. The van der Waals surface area contributed by atoms with Crippen molar-refractivity contribution in [2.45, 2.75) is 6.61 Å². The van der Waals surface area contributed by atoms with E-state index in [9.17, 15) is 0 Å². The molecule has 0 saturated carbocycles. The molecule has 2 aromatic carbocycles. The van der Waals surface area contributed by atoms with Crippen LogP contribution in [-0.2, 0) is 6.61 Å². The molecule has 0 amide bonds. The lowest BCUT2D eigenvalue weighted by Crippen LogP contribution is -1.99. The van der Waals surface area contributed by atoms with Gasteiger partial charge in [-0.15, -0.1) is 0 Å². The van der Waals surface area contributed by atoms with Gasteiger partial charge in [0.15, 0.2) is 0 Å². The lowest BCUT2D eigenvalue weighted by Gasteiger charge is -2.09. The van der Waals surface area contributed by atoms with Gasteiger partial charge in [-0.3, -0.25) is 4.98 Å². The van der Waals surface area contributed by atoms with Crippen molar-refractivity contribution in [2.75, 3.05) is 0 Å². The van der Waals surface area contributed by atoms with Crippen LogP contribution in [0.4, 0.5) is 0 Å². The highest BCUT2D eigenvalue weighted by Gasteiger charge is 2.08. The molecule has 134 valence electrons. The molecule has 5 heteroatoms. The molecule has 0 aliphatic carbocycles. The summed E-state index contributed by atoms with van der Waals surface area (Å²) >= 11 is 0. The van der Waals surface area contributed by atoms with Gasteiger partial charge in [0.1, 0.15) is 18.7 Å². The van der Waals surface area contributed by atoms with E-state index in [-0.39, 0.29) is 0 Å². The first-order valence-electron chi connectivity index (χ1n) is 8.99. The van der Waals surface area contributed by atoms with E-state index in [1.165, 1.54) is 0 Å². The summed E-state index contributed by atoms with van der Waals surface area (Å²) in [6.45, 7) is 0.401. The molecule has 0 fully saturated rings. The Labute approximate surface area is 161 Å². The Hall–Kier alpha value is -3.86. The van der Waals surface area contributed by atoms with Gasteiger partial charge in [0.05, 0.1) is 22.4 Å². The molecule has 0 aliphatic rings. The van der Waals surface area contributed by atoms with Crippen LogP contribution < -0.4 is 4.74 Å². The van der Waals surface area contributed by atoms with Gasteiger partial charge in [0.2, 0.25) is 0 Å². The SMILES string of the molecule is c1ccc2nc(COc3ccc4c(-c5ccncc5)ncnc4c3)ccc2c1. The van der Waals surface area contributed by atoms with Gasteiger partial charge in [-0.25, -0.2) is 15.0 Å². The summed E-state index contributed by atoms with van der Waals surface area (Å²) in [5.74, 6) is 0.752. The van der Waals surface area contributed by atoms with Crippen LogP contribution >= 0.6 is 0 Å². The molecule has 5 nitrogen and oxygen atoms in total. The second kappa shape index (κ2) is 7.04. The number of ether oxygens (including phenoxy) is 1. The molecular weight excluding hydrogens is 348 g/mol. The van der Waals surface area contributed by atoms with Crippen LogP contribution in [0.1, 0.15) is 5.69 Å². The van der Waals surface area contributed by atoms with Crippen molar-refractivity contribution in [1.82, 2.24) is 19.9 Å². The van der Waals surface area contributed by atoms with E-state index in [4.69, 9.17) is 4.74 Å². The highest BCUT2D eigenvalue weighted by molar-refractivity contribution is 5.92. The molecule has 0 bridgehead atoms. The molecule has 5 rings (SSSR count). The predicted molar refractivity (Wildman–Crippen MR) is 109 cm³/mol. The largest absolute Gasteiger partial charge is 0.487 e. The number of rotatable bonds is 4. The maximum absolute atomic E-state index is 5.96. The van der Waals surface area contributed by atoms with E-state index in [0.717, 1.165) is 44.5 Å². The van der Waals surface area contributed by atoms with Crippen LogP contribution in [0.15, 0.2) is 85.5 Å². The Balaban J connectivity index is 1.42. The van der Waals surface area contributed by atoms with Gasteiger partial charge in [-0.2, -0.15) is 0 Å². The van der Waals surface area contributed by atoms with Crippen molar-refractivity contribution in [2.24, 2.45) is 0 Å². The van der Waals surface area contributed by atoms with E-state index in [0.29, 0.717) is 6.61 Å². The van der Waals surface area contributed by atoms with E-state index in [2.05, 4.69) is 32.1 Å². The third kappa shape index (κ3) is 3.14. The topological polar surface area (TPSA) is 60.8 Å². The van der Waals surface area contributed by atoms with Gasteiger partial charge < -0.3 is 4.74 Å². The maximum Gasteiger partial charge on any atom is 0.130 e. The summed E-state index contributed by atoms with van der Waals surface area (Å²) in [6.07, 6.45) is 5.10. The van der Waals surface area contributed by atoms with E-state index in [1.807, 2.05) is 54.6 Å². The fourth-order valence-electron chi connectivity index (χ4n) is 3.21. The summed E-state index contributed by atoms with van der Waals surface area (Å²) in [7, 11) is 0. The number of nitrogens with zero attached hydrogens (tertiary/aromatic N) is 4. The Morgan fingerprint density at radius 1 is 0.786 bits per heavy atom. The Bertz CT molecular complexity index is 1270. The molecule has 28 heavy (non-hydrogen) atoms. The van der Waals surface area contributed by atoms with Crippen molar-refractivity contribution in [1.29, 1.82) is 0 Å². The zero-order valence-electron chi connectivity index (χ0n) is 15.0. The molecule has 0 aliphatic heterocycles. The third-order valence-corrected chi connectivity index (χ3v) is 4.60. The minimum absolute atomic E-state index is 0.401. The summed E-state index contributed by atoms with van der Waals surface area (Å²) in [5, 5.41) is 2.10. The smallest absolute Gasteiger partial charge is 0.130 e. The van der Waals surface area contributed by atoms with E-state index >= 15 is 0 Å². The second-order valence-corrected chi connectivity index (χ2v) is 6.42. The summed E-state index contributed by atoms with van der Waals surface area (Å²) in [6, 6.07) is 21.9. The van der Waals surface area contributed by atoms with Crippen LogP contribution in [0.3, 0.4) is 0 Å². The summed E-state index contributed by atoms with van der Waals surface area (Å²) < 4.78 is 5.96. The van der Waals surface area contributed by atoms with Crippen LogP contribution in [0.25, 0.3) is 33.1 Å². The van der Waals surface area contributed by atoms with E-state index in [1.54, 1.807) is 18.7 Å². The molecule has 0 saturated heterocycles. The number of hydrogen-bond acceptors (Lipinski definition) is 5. The quantitative estimate of drug-likeness (QED) is 0.458. The normalized spacial score (nSPS) is 11.0. The molecule has 3 heterocycles. The molecule has 0 atom stereocenters. The fraction of sp³-hybridized carbons (Fsp3) is 0.0435. The first-order valence-corrected chi connectivity index (χ1v) is 8.99. The number of para-hydroxylation sites is 1. The lowest BCUT2D eigenvalue weighted by atomic mass is 10.1. The minimum atomic E-state index is 0.401. The van der Waals surface area contributed by atoms with Gasteiger partial charge in [-0.1, -0.05) is 24.3 Å². The zero-order chi connectivity index (χ0) is 18.8. The number of fused-ring (bicyclic) bond motifs is 2.